The lowest BCUT2D eigenvalue weighted by Crippen LogP contribution is -2.58. The fourth-order valence-electron chi connectivity index (χ4n) is 3.60. The van der Waals surface area contributed by atoms with E-state index in [4.69, 9.17) is 0 Å². The minimum absolute atomic E-state index is 0.00346. The van der Waals surface area contributed by atoms with Crippen molar-refractivity contribution in [3.8, 4) is 0 Å². The Kier molecular flexibility index (Phi) is 5.40. The number of hydrogen-bond donors (Lipinski definition) is 0. The molecule has 0 aromatic heterocycles. The summed E-state index contributed by atoms with van der Waals surface area (Å²) in [6.07, 6.45) is 1.14. The van der Waals surface area contributed by atoms with Gasteiger partial charge in [-0.05, 0) is 44.4 Å². The molecule has 1 aliphatic rings. The first-order chi connectivity index (χ1) is 12.5. The third kappa shape index (κ3) is 3.79. The van der Waals surface area contributed by atoms with E-state index < -0.39 is 6.04 Å². The van der Waals surface area contributed by atoms with Crippen molar-refractivity contribution in [2.75, 3.05) is 18.0 Å². The van der Waals surface area contributed by atoms with E-state index in [2.05, 4.69) is 6.07 Å². The summed E-state index contributed by atoms with van der Waals surface area (Å²) in [5.74, 6) is 0.0474. The Bertz CT molecular complexity index is 801. The van der Waals surface area contributed by atoms with Crippen LogP contribution in [0.4, 0.5) is 5.69 Å². The van der Waals surface area contributed by atoms with E-state index in [1.54, 1.807) is 4.90 Å². The summed E-state index contributed by atoms with van der Waals surface area (Å²) >= 11 is 0. The molecular weight excluding hydrogens is 324 g/mol. The lowest BCUT2D eigenvalue weighted by molar-refractivity contribution is -0.140. The number of piperazine rings is 1. The third-order valence-corrected chi connectivity index (χ3v) is 5.09. The number of hydrogen-bond acceptors (Lipinski definition) is 2. The predicted molar refractivity (Wildman–Crippen MR) is 104 cm³/mol. The molecule has 1 aliphatic heterocycles. The van der Waals surface area contributed by atoms with E-state index in [0.717, 1.165) is 16.8 Å². The highest BCUT2D eigenvalue weighted by Crippen LogP contribution is 2.25. The molecule has 136 valence electrons. The molecule has 1 heterocycles. The van der Waals surface area contributed by atoms with Crippen LogP contribution in [0.1, 0.15) is 30.0 Å². The van der Waals surface area contributed by atoms with Crippen molar-refractivity contribution >= 4 is 17.5 Å². The van der Waals surface area contributed by atoms with Gasteiger partial charge in [0.25, 0.3) is 0 Å². The van der Waals surface area contributed by atoms with Crippen molar-refractivity contribution < 1.29 is 9.59 Å². The Balaban J connectivity index is 1.66. The molecular formula is C22H26N2O2. The number of aryl methyl sites for hydroxylation is 3. The summed E-state index contributed by atoms with van der Waals surface area (Å²) in [5.41, 5.74) is 4.37. The maximum Gasteiger partial charge on any atom is 0.249 e. The third-order valence-electron chi connectivity index (χ3n) is 5.09. The summed E-state index contributed by atoms with van der Waals surface area (Å²) in [4.78, 5) is 29.1. The zero-order valence-electron chi connectivity index (χ0n) is 15.7. The van der Waals surface area contributed by atoms with Crippen LogP contribution in [0, 0.1) is 13.8 Å². The van der Waals surface area contributed by atoms with Crippen LogP contribution in [0.25, 0.3) is 0 Å². The first-order valence-corrected chi connectivity index (χ1v) is 9.19. The molecule has 2 aromatic carbocycles. The molecule has 2 aromatic rings. The molecule has 1 unspecified atom stereocenters. The van der Waals surface area contributed by atoms with Gasteiger partial charge in [0.1, 0.15) is 6.04 Å². The van der Waals surface area contributed by atoms with Crippen molar-refractivity contribution in [1.29, 1.82) is 0 Å². The van der Waals surface area contributed by atoms with E-state index in [9.17, 15) is 9.59 Å². The molecule has 0 radical (unpaired) electrons. The molecule has 26 heavy (non-hydrogen) atoms. The second-order valence-electron chi connectivity index (χ2n) is 7.03. The predicted octanol–water partition coefficient (Wildman–Crippen LogP) is 3.50. The van der Waals surface area contributed by atoms with Crippen LogP contribution in [-0.4, -0.2) is 35.8 Å². The van der Waals surface area contributed by atoms with Crippen LogP contribution >= 0.6 is 0 Å². The van der Waals surface area contributed by atoms with Crippen molar-refractivity contribution in [2.24, 2.45) is 0 Å². The fourth-order valence-corrected chi connectivity index (χ4v) is 3.60. The Morgan fingerprint density at radius 1 is 1.08 bits per heavy atom. The smallest absolute Gasteiger partial charge is 0.249 e. The SMILES string of the molecule is Cc1ccc(N2CCN(C(=O)CCc3ccccc3)C(C)C2=O)c(C)c1. The standard InChI is InChI=1S/C22H26N2O2/c1-16-9-11-20(17(2)15-16)24-14-13-23(18(3)22(24)26)21(25)12-10-19-7-5-4-6-8-19/h4-9,11,15,18H,10,12-14H2,1-3H3. The van der Waals surface area contributed by atoms with Gasteiger partial charge in [-0.2, -0.15) is 0 Å². The van der Waals surface area contributed by atoms with Gasteiger partial charge in [-0.25, -0.2) is 0 Å². The monoisotopic (exact) mass is 350 g/mol. The van der Waals surface area contributed by atoms with Crippen molar-refractivity contribution in [1.82, 2.24) is 4.90 Å². The maximum absolute atomic E-state index is 12.9. The van der Waals surface area contributed by atoms with E-state index in [0.29, 0.717) is 25.9 Å². The van der Waals surface area contributed by atoms with E-state index in [1.807, 2.05) is 68.1 Å². The summed E-state index contributed by atoms with van der Waals surface area (Å²) in [6, 6.07) is 15.7. The quantitative estimate of drug-likeness (QED) is 0.847. The number of nitrogens with zero attached hydrogens (tertiary/aromatic N) is 2. The molecule has 0 bridgehead atoms. The number of carbonyl (C=O) groups is 2. The van der Waals surface area contributed by atoms with Crippen LogP contribution in [0.2, 0.25) is 0 Å². The average molecular weight is 350 g/mol. The van der Waals surface area contributed by atoms with Crippen molar-refractivity contribution in [3.63, 3.8) is 0 Å². The van der Waals surface area contributed by atoms with Crippen LogP contribution in [0.15, 0.2) is 48.5 Å². The first kappa shape index (κ1) is 18.2. The number of benzene rings is 2. The summed E-state index contributed by atoms with van der Waals surface area (Å²) in [6.45, 7) is 7.03. The van der Waals surface area contributed by atoms with E-state index in [1.165, 1.54) is 5.56 Å². The average Bonchev–Trinajstić information content (AvgIpc) is 2.63. The van der Waals surface area contributed by atoms with Gasteiger partial charge in [0.2, 0.25) is 11.8 Å². The lowest BCUT2D eigenvalue weighted by Gasteiger charge is -2.39. The molecule has 4 nitrogen and oxygen atoms in total. The van der Waals surface area contributed by atoms with Gasteiger partial charge in [0.05, 0.1) is 0 Å². The highest BCUT2D eigenvalue weighted by molar-refractivity contribution is 6.00. The lowest BCUT2D eigenvalue weighted by atomic mass is 10.1. The topological polar surface area (TPSA) is 40.6 Å². The Labute approximate surface area is 155 Å². The highest BCUT2D eigenvalue weighted by atomic mass is 16.2. The minimum atomic E-state index is -0.423. The molecule has 1 atom stereocenters. The number of anilines is 1. The first-order valence-electron chi connectivity index (χ1n) is 9.19. The van der Waals surface area contributed by atoms with Gasteiger partial charge in [-0.1, -0.05) is 48.0 Å². The molecule has 0 saturated carbocycles. The van der Waals surface area contributed by atoms with Crippen molar-refractivity contribution in [3.05, 3.63) is 65.2 Å². The molecule has 0 spiro atoms. The zero-order chi connectivity index (χ0) is 18.7. The van der Waals surface area contributed by atoms with Gasteiger partial charge in [-0.3, -0.25) is 9.59 Å². The van der Waals surface area contributed by atoms with Crippen LogP contribution < -0.4 is 4.90 Å². The number of amides is 2. The maximum atomic E-state index is 12.9. The molecule has 3 rings (SSSR count). The molecule has 0 N–H and O–H groups in total. The van der Waals surface area contributed by atoms with Gasteiger partial charge in [0, 0.05) is 25.2 Å². The second-order valence-corrected chi connectivity index (χ2v) is 7.03. The van der Waals surface area contributed by atoms with Gasteiger partial charge in [0.15, 0.2) is 0 Å². The highest BCUT2D eigenvalue weighted by Gasteiger charge is 2.35. The van der Waals surface area contributed by atoms with Gasteiger partial charge >= 0.3 is 0 Å². The number of carbonyl (C=O) groups excluding carboxylic acids is 2. The molecule has 0 aliphatic carbocycles. The largest absolute Gasteiger partial charge is 0.329 e. The number of rotatable bonds is 4. The van der Waals surface area contributed by atoms with Gasteiger partial charge in [-0.15, -0.1) is 0 Å². The second kappa shape index (κ2) is 7.73. The summed E-state index contributed by atoms with van der Waals surface area (Å²) < 4.78 is 0. The molecule has 4 heteroatoms. The normalized spacial score (nSPS) is 17.5. The van der Waals surface area contributed by atoms with Crippen molar-refractivity contribution in [2.45, 2.75) is 39.7 Å². The zero-order valence-corrected chi connectivity index (χ0v) is 15.7. The molecule has 2 amide bonds. The Hall–Kier alpha value is -2.62. The van der Waals surface area contributed by atoms with Gasteiger partial charge < -0.3 is 9.80 Å². The summed E-state index contributed by atoms with van der Waals surface area (Å²) in [7, 11) is 0. The van der Waals surface area contributed by atoms with E-state index >= 15 is 0 Å². The minimum Gasteiger partial charge on any atom is -0.329 e. The molecule has 1 saturated heterocycles. The van der Waals surface area contributed by atoms with Crippen LogP contribution in [-0.2, 0) is 16.0 Å². The fraction of sp³-hybridized carbons (Fsp3) is 0.364. The van der Waals surface area contributed by atoms with E-state index in [-0.39, 0.29) is 11.8 Å². The van der Waals surface area contributed by atoms with Crippen LogP contribution in [0.5, 0.6) is 0 Å². The Morgan fingerprint density at radius 3 is 2.50 bits per heavy atom. The Morgan fingerprint density at radius 2 is 1.81 bits per heavy atom. The molecule has 1 fully saturated rings. The van der Waals surface area contributed by atoms with Crippen LogP contribution in [0.3, 0.4) is 0 Å². The summed E-state index contributed by atoms with van der Waals surface area (Å²) in [5, 5.41) is 0.